The summed E-state index contributed by atoms with van der Waals surface area (Å²) in [5.41, 5.74) is -3.02. The number of nitrogens with zero attached hydrogens (tertiary/aromatic N) is 1. The predicted molar refractivity (Wildman–Crippen MR) is 129 cm³/mol. The van der Waals surface area contributed by atoms with Crippen molar-refractivity contribution in [1.29, 1.82) is 0 Å². The van der Waals surface area contributed by atoms with Crippen molar-refractivity contribution in [2.75, 3.05) is 17.7 Å². The molecule has 8 nitrogen and oxygen atoms in total. The minimum atomic E-state index is -4.73. The van der Waals surface area contributed by atoms with Gasteiger partial charge in [0.1, 0.15) is 28.4 Å². The van der Waals surface area contributed by atoms with Crippen LogP contribution >= 0.6 is 11.6 Å². The smallest absolute Gasteiger partial charge is 0.417 e. The highest BCUT2D eigenvalue weighted by Gasteiger charge is 2.56. The standard InChI is InChI=1S/C25H19ClF4N4O4/c1-31-21(35)20-12-15(6-9-32-20)38-14-3-5-19(18(27)11-14)34-23(37)24(7-8-24)22(36)33-13-2-4-17(26)16(10-13)25(28,29)30/h2-6,9-12H,7-8H2,1H3,(H,31,35)(H,33,36)(H,34,37). The predicted octanol–water partition coefficient (Wildman–Crippen LogP) is 5.40. The lowest BCUT2D eigenvalue weighted by atomic mass is 10.0. The van der Waals surface area contributed by atoms with Gasteiger partial charge in [0.25, 0.3) is 5.91 Å². The molecule has 1 fully saturated rings. The molecule has 0 unspecified atom stereocenters. The van der Waals surface area contributed by atoms with Gasteiger partial charge in [0.05, 0.1) is 16.3 Å². The van der Waals surface area contributed by atoms with Crippen molar-refractivity contribution in [2.45, 2.75) is 19.0 Å². The van der Waals surface area contributed by atoms with Crippen molar-refractivity contribution < 1.29 is 36.7 Å². The van der Waals surface area contributed by atoms with E-state index in [1.165, 1.54) is 43.6 Å². The highest BCUT2D eigenvalue weighted by atomic mass is 35.5. The maximum atomic E-state index is 14.7. The second kappa shape index (κ2) is 10.3. The zero-order chi connectivity index (χ0) is 27.7. The Kier molecular flexibility index (Phi) is 7.27. The molecule has 3 aromatic rings. The van der Waals surface area contributed by atoms with Crippen molar-refractivity contribution in [3.8, 4) is 11.5 Å². The lowest BCUT2D eigenvalue weighted by Gasteiger charge is -2.17. The van der Waals surface area contributed by atoms with E-state index in [1.54, 1.807) is 0 Å². The van der Waals surface area contributed by atoms with Crippen LogP contribution in [-0.4, -0.2) is 29.8 Å². The van der Waals surface area contributed by atoms with Crippen LogP contribution in [0.25, 0.3) is 0 Å². The second-order valence-corrected chi connectivity index (χ2v) is 8.79. The van der Waals surface area contributed by atoms with Crippen molar-refractivity contribution in [2.24, 2.45) is 5.41 Å². The Morgan fingerprint density at radius 2 is 1.66 bits per heavy atom. The number of carbonyl (C=O) groups excluding carboxylic acids is 3. The minimum absolute atomic E-state index is 0.0663. The number of anilines is 2. The molecule has 38 heavy (non-hydrogen) atoms. The number of hydrogen-bond acceptors (Lipinski definition) is 5. The third kappa shape index (κ3) is 5.70. The minimum Gasteiger partial charge on any atom is -0.457 e. The van der Waals surface area contributed by atoms with Crippen LogP contribution in [0.3, 0.4) is 0 Å². The molecule has 4 rings (SSSR count). The van der Waals surface area contributed by atoms with Crippen molar-refractivity contribution in [1.82, 2.24) is 10.3 Å². The molecule has 198 valence electrons. The van der Waals surface area contributed by atoms with E-state index in [2.05, 4.69) is 20.9 Å². The average molecular weight is 551 g/mol. The first-order chi connectivity index (χ1) is 17.9. The normalized spacial score (nSPS) is 13.8. The topological polar surface area (TPSA) is 109 Å². The van der Waals surface area contributed by atoms with Gasteiger partial charge in [0, 0.05) is 31.1 Å². The summed E-state index contributed by atoms with van der Waals surface area (Å²) >= 11 is 5.60. The monoisotopic (exact) mass is 550 g/mol. The Bertz CT molecular complexity index is 1430. The molecule has 1 heterocycles. The quantitative estimate of drug-likeness (QED) is 0.269. The van der Waals surface area contributed by atoms with E-state index in [9.17, 15) is 31.9 Å². The maximum absolute atomic E-state index is 14.7. The molecule has 3 N–H and O–H groups in total. The Labute approximate surface area is 218 Å². The number of alkyl halides is 3. The molecule has 0 radical (unpaired) electrons. The summed E-state index contributed by atoms with van der Waals surface area (Å²) in [4.78, 5) is 41.2. The summed E-state index contributed by atoms with van der Waals surface area (Å²) in [5, 5.41) is 6.55. The average Bonchev–Trinajstić information content (AvgIpc) is 3.68. The van der Waals surface area contributed by atoms with Gasteiger partial charge in [0.15, 0.2) is 0 Å². The molecular formula is C25H19ClF4N4O4. The van der Waals surface area contributed by atoms with E-state index in [0.29, 0.717) is 6.07 Å². The first-order valence-corrected chi connectivity index (χ1v) is 11.5. The molecule has 3 amide bonds. The lowest BCUT2D eigenvalue weighted by Crippen LogP contribution is -2.35. The molecule has 1 saturated carbocycles. The number of nitrogens with one attached hydrogen (secondary N) is 3. The van der Waals surface area contributed by atoms with Gasteiger partial charge >= 0.3 is 6.18 Å². The molecule has 1 aliphatic carbocycles. The van der Waals surface area contributed by atoms with Crippen LogP contribution in [0.5, 0.6) is 11.5 Å². The Morgan fingerprint density at radius 1 is 0.974 bits per heavy atom. The molecule has 0 spiro atoms. The molecule has 13 heteroatoms. The molecular weight excluding hydrogens is 532 g/mol. The van der Waals surface area contributed by atoms with Gasteiger partial charge in [-0.3, -0.25) is 19.4 Å². The zero-order valence-corrected chi connectivity index (χ0v) is 20.3. The summed E-state index contributed by atoms with van der Waals surface area (Å²) in [7, 11) is 1.44. The van der Waals surface area contributed by atoms with Gasteiger partial charge in [-0.25, -0.2) is 4.39 Å². The summed E-state index contributed by atoms with van der Waals surface area (Å²) in [6, 6.07) is 9.27. The Balaban J connectivity index is 1.44. The molecule has 0 atom stereocenters. The number of hydrogen-bond donors (Lipinski definition) is 3. The van der Waals surface area contributed by atoms with Crippen molar-refractivity contribution in [3.63, 3.8) is 0 Å². The summed E-state index contributed by atoms with van der Waals surface area (Å²) in [6.45, 7) is 0. The van der Waals surface area contributed by atoms with Gasteiger partial charge in [-0.15, -0.1) is 0 Å². The van der Waals surface area contributed by atoms with Gasteiger partial charge < -0.3 is 20.7 Å². The number of carbonyl (C=O) groups is 3. The number of halogens is 5. The van der Waals surface area contributed by atoms with Crippen LogP contribution in [0.15, 0.2) is 54.7 Å². The molecule has 1 aromatic heterocycles. The SMILES string of the molecule is CNC(=O)c1cc(Oc2ccc(NC(=O)C3(C(=O)Nc4ccc(Cl)c(C(F)(F)F)c4)CC3)c(F)c2)ccn1. The molecule has 0 saturated heterocycles. The summed E-state index contributed by atoms with van der Waals surface area (Å²) in [6.07, 6.45) is -3.13. The van der Waals surface area contributed by atoms with Crippen molar-refractivity contribution >= 4 is 40.7 Å². The third-order valence-electron chi connectivity index (χ3n) is 5.76. The fraction of sp³-hybridized carbons (Fsp3) is 0.200. The van der Waals surface area contributed by atoms with Crippen LogP contribution in [0.4, 0.5) is 28.9 Å². The van der Waals surface area contributed by atoms with E-state index in [4.69, 9.17) is 16.3 Å². The number of pyridine rings is 1. The number of aromatic nitrogens is 1. The number of rotatable bonds is 7. The third-order valence-corrected chi connectivity index (χ3v) is 6.09. The summed E-state index contributed by atoms with van der Waals surface area (Å²) in [5.74, 6) is -2.64. The maximum Gasteiger partial charge on any atom is 0.417 e. The first-order valence-electron chi connectivity index (χ1n) is 11.1. The second-order valence-electron chi connectivity index (χ2n) is 8.38. The van der Waals surface area contributed by atoms with Crippen LogP contribution in [-0.2, 0) is 15.8 Å². The molecule has 0 bridgehead atoms. The van der Waals surface area contributed by atoms with Crippen LogP contribution in [0.2, 0.25) is 5.02 Å². The first kappa shape index (κ1) is 26.9. The fourth-order valence-electron chi connectivity index (χ4n) is 3.52. The van der Waals surface area contributed by atoms with E-state index in [1.807, 2.05) is 0 Å². The number of benzene rings is 2. The summed E-state index contributed by atoms with van der Waals surface area (Å²) < 4.78 is 59.6. The number of amides is 3. The lowest BCUT2D eigenvalue weighted by molar-refractivity contribution is -0.137. The van der Waals surface area contributed by atoms with Crippen molar-refractivity contribution in [3.05, 3.63) is 76.8 Å². The largest absolute Gasteiger partial charge is 0.457 e. The highest BCUT2D eigenvalue weighted by molar-refractivity contribution is 6.31. The fourth-order valence-corrected chi connectivity index (χ4v) is 3.74. The van der Waals surface area contributed by atoms with Crippen LogP contribution < -0.4 is 20.7 Å². The van der Waals surface area contributed by atoms with Gasteiger partial charge in [0.2, 0.25) is 11.8 Å². The highest BCUT2D eigenvalue weighted by Crippen LogP contribution is 2.48. The van der Waals surface area contributed by atoms with Gasteiger partial charge in [-0.05, 0) is 49.2 Å². The van der Waals surface area contributed by atoms with E-state index >= 15 is 0 Å². The Hall–Kier alpha value is -4.19. The Morgan fingerprint density at radius 3 is 2.29 bits per heavy atom. The molecule has 0 aliphatic heterocycles. The van der Waals surface area contributed by atoms with Crippen LogP contribution in [0.1, 0.15) is 28.9 Å². The zero-order valence-electron chi connectivity index (χ0n) is 19.6. The van der Waals surface area contributed by atoms with Gasteiger partial charge in [-0.2, -0.15) is 13.2 Å². The van der Waals surface area contributed by atoms with E-state index in [-0.39, 0.29) is 41.4 Å². The van der Waals surface area contributed by atoms with E-state index in [0.717, 1.165) is 12.1 Å². The molecule has 1 aliphatic rings. The van der Waals surface area contributed by atoms with E-state index < -0.39 is 45.7 Å². The van der Waals surface area contributed by atoms with Gasteiger partial charge in [-0.1, -0.05) is 11.6 Å². The molecule has 2 aromatic carbocycles. The van der Waals surface area contributed by atoms with Crippen LogP contribution in [0, 0.1) is 11.2 Å². The number of ether oxygens (including phenoxy) is 1.